The van der Waals surface area contributed by atoms with Crippen LogP contribution in [0.2, 0.25) is 0 Å². The van der Waals surface area contributed by atoms with Gasteiger partial charge in [-0.05, 0) is 74.1 Å². The van der Waals surface area contributed by atoms with Crippen molar-refractivity contribution in [1.29, 1.82) is 0 Å². The molecule has 1 aliphatic rings. The van der Waals surface area contributed by atoms with E-state index in [-0.39, 0.29) is 10.5 Å². The molecule has 1 heterocycles. The van der Waals surface area contributed by atoms with E-state index >= 15 is 0 Å². The van der Waals surface area contributed by atoms with Gasteiger partial charge < -0.3 is 10.0 Å². The van der Waals surface area contributed by atoms with Crippen molar-refractivity contribution in [1.82, 2.24) is 0 Å². The molecular formula is C21H26N2O4S. The molecule has 2 aromatic rings. The number of benzene rings is 2. The molecule has 3 rings (SSSR count). The van der Waals surface area contributed by atoms with Gasteiger partial charge in [-0.25, -0.2) is 13.2 Å². The number of sulfonamides is 1. The molecule has 0 bridgehead atoms. The van der Waals surface area contributed by atoms with Crippen LogP contribution in [0.4, 0.5) is 11.4 Å². The van der Waals surface area contributed by atoms with Gasteiger partial charge in [-0.15, -0.1) is 0 Å². The molecule has 1 fully saturated rings. The predicted molar refractivity (Wildman–Crippen MR) is 111 cm³/mol. The van der Waals surface area contributed by atoms with Crippen LogP contribution < -0.4 is 9.62 Å². The minimum atomic E-state index is -3.85. The largest absolute Gasteiger partial charge is 0.478 e. The summed E-state index contributed by atoms with van der Waals surface area (Å²) >= 11 is 0. The Labute approximate surface area is 166 Å². The van der Waals surface area contributed by atoms with Crippen molar-refractivity contribution in [2.45, 2.75) is 38.5 Å². The van der Waals surface area contributed by atoms with Gasteiger partial charge in [0.1, 0.15) is 0 Å². The third-order valence-corrected chi connectivity index (χ3v) is 6.34. The minimum absolute atomic E-state index is 0.0481. The van der Waals surface area contributed by atoms with Crippen LogP contribution in [-0.2, 0) is 10.0 Å². The van der Waals surface area contributed by atoms with Crippen LogP contribution >= 0.6 is 0 Å². The number of aromatic carboxylic acids is 1. The molecule has 0 spiro atoms. The lowest BCUT2D eigenvalue weighted by Gasteiger charge is -2.34. The Bertz CT molecular complexity index is 981. The summed E-state index contributed by atoms with van der Waals surface area (Å²) in [7, 11) is -3.85. The van der Waals surface area contributed by atoms with Crippen molar-refractivity contribution in [3.05, 3.63) is 53.1 Å². The molecule has 0 amide bonds. The first-order valence-corrected chi connectivity index (χ1v) is 10.9. The highest BCUT2D eigenvalue weighted by Gasteiger charge is 2.23. The van der Waals surface area contributed by atoms with Crippen LogP contribution in [-0.4, -0.2) is 32.6 Å². The maximum atomic E-state index is 13.0. The quantitative estimate of drug-likeness (QED) is 0.788. The Balaban J connectivity index is 2.03. The zero-order valence-electron chi connectivity index (χ0n) is 16.4. The van der Waals surface area contributed by atoms with Crippen LogP contribution in [0.3, 0.4) is 0 Å². The van der Waals surface area contributed by atoms with Crippen molar-refractivity contribution in [2.24, 2.45) is 5.92 Å². The molecular weight excluding hydrogens is 376 g/mol. The second kappa shape index (κ2) is 7.83. The monoisotopic (exact) mass is 402 g/mol. The van der Waals surface area contributed by atoms with Gasteiger partial charge in [0.15, 0.2) is 0 Å². The van der Waals surface area contributed by atoms with E-state index in [2.05, 4.69) is 16.5 Å². The second-order valence-electron chi connectivity index (χ2n) is 7.66. The zero-order valence-corrected chi connectivity index (χ0v) is 17.2. The van der Waals surface area contributed by atoms with Crippen LogP contribution in [0.1, 0.15) is 41.3 Å². The fourth-order valence-corrected chi connectivity index (χ4v) is 4.98. The topological polar surface area (TPSA) is 86.7 Å². The molecule has 28 heavy (non-hydrogen) atoms. The first kappa shape index (κ1) is 20.2. The van der Waals surface area contributed by atoms with Crippen molar-refractivity contribution in [3.63, 3.8) is 0 Å². The lowest BCUT2D eigenvalue weighted by Crippen LogP contribution is -2.35. The van der Waals surface area contributed by atoms with E-state index in [0.29, 0.717) is 17.3 Å². The number of aryl methyl sites for hydroxylation is 2. The number of piperidine rings is 1. The molecule has 1 aliphatic heterocycles. The third kappa shape index (κ3) is 4.47. The maximum absolute atomic E-state index is 13.0. The number of hydrogen-bond acceptors (Lipinski definition) is 4. The average Bonchev–Trinajstić information content (AvgIpc) is 2.60. The second-order valence-corrected chi connectivity index (χ2v) is 9.34. The van der Waals surface area contributed by atoms with E-state index in [1.54, 1.807) is 18.2 Å². The molecule has 0 saturated carbocycles. The Morgan fingerprint density at radius 1 is 1.14 bits per heavy atom. The third-order valence-electron chi connectivity index (χ3n) is 4.99. The number of hydrogen-bond donors (Lipinski definition) is 2. The highest BCUT2D eigenvalue weighted by atomic mass is 32.2. The Kier molecular flexibility index (Phi) is 5.65. The van der Waals surface area contributed by atoms with E-state index in [0.717, 1.165) is 37.1 Å². The van der Waals surface area contributed by atoms with Gasteiger partial charge in [-0.1, -0.05) is 13.0 Å². The van der Waals surface area contributed by atoms with Gasteiger partial charge in [0, 0.05) is 13.1 Å². The molecule has 1 atom stereocenters. The SMILES string of the molecule is Cc1cc(C)cc(S(=O)(=O)Nc2cc(C(=O)O)ccc2N2CCCC(C)C2)c1. The number of anilines is 2. The van der Waals surface area contributed by atoms with Crippen molar-refractivity contribution >= 4 is 27.4 Å². The zero-order chi connectivity index (χ0) is 20.5. The summed E-state index contributed by atoms with van der Waals surface area (Å²) in [6, 6.07) is 9.74. The summed E-state index contributed by atoms with van der Waals surface area (Å²) < 4.78 is 28.7. The summed E-state index contributed by atoms with van der Waals surface area (Å²) in [5.41, 5.74) is 2.76. The molecule has 150 valence electrons. The molecule has 0 radical (unpaired) electrons. The average molecular weight is 403 g/mol. The Morgan fingerprint density at radius 3 is 2.43 bits per heavy atom. The number of carbonyl (C=O) groups is 1. The van der Waals surface area contributed by atoms with Crippen LogP contribution in [0, 0.1) is 19.8 Å². The number of carboxylic acid groups (broad SMARTS) is 1. The Morgan fingerprint density at radius 2 is 1.82 bits per heavy atom. The highest BCUT2D eigenvalue weighted by Crippen LogP contribution is 2.33. The number of nitrogens with one attached hydrogen (secondary N) is 1. The van der Waals surface area contributed by atoms with Gasteiger partial charge >= 0.3 is 5.97 Å². The van der Waals surface area contributed by atoms with E-state index in [4.69, 9.17) is 0 Å². The molecule has 2 N–H and O–H groups in total. The van der Waals surface area contributed by atoms with Crippen LogP contribution in [0.25, 0.3) is 0 Å². The van der Waals surface area contributed by atoms with Crippen LogP contribution in [0.5, 0.6) is 0 Å². The van der Waals surface area contributed by atoms with Crippen molar-refractivity contribution in [2.75, 3.05) is 22.7 Å². The van der Waals surface area contributed by atoms with E-state index in [9.17, 15) is 18.3 Å². The summed E-state index contributed by atoms with van der Waals surface area (Å²) in [6.45, 7) is 7.48. The Hall–Kier alpha value is -2.54. The fraction of sp³-hybridized carbons (Fsp3) is 0.381. The molecule has 1 unspecified atom stereocenters. The number of carboxylic acids is 1. The summed E-state index contributed by atoms with van der Waals surface area (Å²) in [4.78, 5) is 13.7. The normalized spacial score (nSPS) is 17.4. The van der Waals surface area contributed by atoms with Gasteiger partial charge in [-0.3, -0.25) is 4.72 Å². The van der Waals surface area contributed by atoms with Gasteiger partial charge in [-0.2, -0.15) is 0 Å². The standard InChI is InChI=1S/C21H26N2O4S/c1-14-5-4-8-23(13-14)20-7-6-17(21(24)25)12-19(20)22-28(26,27)18-10-15(2)9-16(3)11-18/h6-7,9-12,14,22H,4-5,8,13H2,1-3H3,(H,24,25). The van der Waals surface area contributed by atoms with Crippen molar-refractivity contribution < 1.29 is 18.3 Å². The molecule has 7 heteroatoms. The van der Waals surface area contributed by atoms with Gasteiger partial charge in [0.25, 0.3) is 10.0 Å². The van der Waals surface area contributed by atoms with E-state index < -0.39 is 16.0 Å². The molecule has 6 nitrogen and oxygen atoms in total. The summed E-state index contributed by atoms with van der Waals surface area (Å²) in [5.74, 6) is -0.595. The molecule has 0 aliphatic carbocycles. The van der Waals surface area contributed by atoms with E-state index in [1.807, 2.05) is 19.9 Å². The smallest absolute Gasteiger partial charge is 0.335 e. The van der Waals surface area contributed by atoms with Crippen LogP contribution in [0.15, 0.2) is 41.3 Å². The highest BCUT2D eigenvalue weighted by molar-refractivity contribution is 7.92. The lowest BCUT2D eigenvalue weighted by atomic mass is 9.99. The van der Waals surface area contributed by atoms with Gasteiger partial charge in [0.05, 0.1) is 21.8 Å². The van der Waals surface area contributed by atoms with Crippen molar-refractivity contribution in [3.8, 4) is 0 Å². The summed E-state index contributed by atoms with van der Waals surface area (Å²) in [6.07, 6.45) is 2.15. The fourth-order valence-electron chi connectivity index (χ4n) is 3.73. The first-order chi connectivity index (χ1) is 13.2. The number of nitrogens with zero attached hydrogens (tertiary/aromatic N) is 1. The number of rotatable bonds is 5. The van der Waals surface area contributed by atoms with E-state index in [1.165, 1.54) is 12.1 Å². The summed E-state index contributed by atoms with van der Waals surface area (Å²) in [5, 5.41) is 9.35. The molecule has 0 aromatic heterocycles. The molecule has 2 aromatic carbocycles. The first-order valence-electron chi connectivity index (χ1n) is 9.39. The lowest BCUT2D eigenvalue weighted by molar-refractivity contribution is 0.0697. The van der Waals surface area contributed by atoms with Gasteiger partial charge in [0.2, 0.25) is 0 Å². The molecule has 1 saturated heterocycles. The predicted octanol–water partition coefficient (Wildman–Crippen LogP) is 4.04. The minimum Gasteiger partial charge on any atom is -0.478 e. The maximum Gasteiger partial charge on any atom is 0.335 e.